The van der Waals surface area contributed by atoms with E-state index in [1.165, 1.54) is 4.31 Å². The van der Waals surface area contributed by atoms with Crippen molar-refractivity contribution in [3.8, 4) is 0 Å². The molecule has 3 rings (SSSR count). The van der Waals surface area contributed by atoms with Crippen LogP contribution in [0, 0.1) is 12.8 Å². The molecule has 2 aromatic rings. The molecule has 8 heteroatoms. The number of rotatable bonds is 6. The Balaban J connectivity index is 1.58. The lowest BCUT2D eigenvalue weighted by Crippen LogP contribution is -2.43. The topological polar surface area (TPSA) is 84.3 Å². The van der Waals surface area contributed by atoms with Crippen molar-refractivity contribution in [2.75, 3.05) is 13.1 Å². The number of hydrogen-bond acceptors (Lipinski definition) is 4. The van der Waals surface area contributed by atoms with Gasteiger partial charge in [-0.25, -0.2) is 8.42 Å². The number of nitrogens with one attached hydrogen (secondary N) is 1. The van der Waals surface area contributed by atoms with Gasteiger partial charge >= 0.3 is 0 Å². The Kier molecular flexibility index (Phi) is 6.20. The Bertz CT molecular complexity index is 916. The molecule has 1 amide bonds. The number of aromatic nitrogens is 2. The number of carbonyl (C=O) groups is 1. The van der Waals surface area contributed by atoms with Gasteiger partial charge in [-0.05, 0) is 45.7 Å². The average Bonchev–Trinajstić information content (AvgIpc) is 3.09. The first-order chi connectivity index (χ1) is 13.3. The number of carbonyl (C=O) groups excluding carboxylic acids is 1. The average molecular weight is 405 g/mol. The third kappa shape index (κ3) is 4.28. The van der Waals surface area contributed by atoms with Gasteiger partial charge in [0.1, 0.15) is 0 Å². The summed E-state index contributed by atoms with van der Waals surface area (Å²) in [6, 6.07) is 8.32. The number of sulfonamides is 1. The third-order valence-corrected chi connectivity index (χ3v) is 7.25. The van der Waals surface area contributed by atoms with Crippen molar-refractivity contribution in [2.45, 2.75) is 51.1 Å². The molecular weight excluding hydrogens is 376 g/mol. The van der Waals surface area contributed by atoms with E-state index in [1.54, 1.807) is 30.3 Å². The second-order valence-corrected chi connectivity index (χ2v) is 9.19. The number of aryl methyl sites for hydroxylation is 2. The summed E-state index contributed by atoms with van der Waals surface area (Å²) in [5, 5.41) is 7.50. The van der Waals surface area contributed by atoms with Crippen molar-refractivity contribution < 1.29 is 13.2 Å². The Hall–Kier alpha value is -2.19. The fourth-order valence-electron chi connectivity index (χ4n) is 3.63. The third-order valence-electron chi connectivity index (χ3n) is 5.34. The van der Waals surface area contributed by atoms with E-state index in [1.807, 2.05) is 31.6 Å². The highest BCUT2D eigenvalue weighted by molar-refractivity contribution is 7.89. The zero-order chi connectivity index (χ0) is 20.3. The second kappa shape index (κ2) is 8.45. The molecule has 1 unspecified atom stereocenters. The molecule has 1 aromatic carbocycles. The van der Waals surface area contributed by atoms with Gasteiger partial charge in [-0.3, -0.25) is 9.48 Å². The summed E-state index contributed by atoms with van der Waals surface area (Å²) in [6.45, 7) is 7.42. The van der Waals surface area contributed by atoms with Crippen LogP contribution in [0.1, 0.15) is 44.0 Å². The van der Waals surface area contributed by atoms with Crippen LogP contribution in [0.25, 0.3) is 0 Å². The fourth-order valence-corrected chi connectivity index (χ4v) is 5.12. The lowest BCUT2D eigenvalue weighted by atomic mass is 9.96. The van der Waals surface area contributed by atoms with Gasteiger partial charge in [-0.2, -0.15) is 9.40 Å². The molecule has 0 aliphatic carbocycles. The molecule has 7 nitrogen and oxygen atoms in total. The van der Waals surface area contributed by atoms with Gasteiger partial charge in [0, 0.05) is 37.3 Å². The van der Waals surface area contributed by atoms with Crippen molar-refractivity contribution in [1.82, 2.24) is 19.4 Å². The summed E-state index contributed by atoms with van der Waals surface area (Å²) in [7, 11) is -3.49. The van der Waals surface area contributed by atoms with Gasteiger partial charge in [0.15, 0.2) is 0 Å². The molecule has 152 valence electrons. The molecule has 1 saturated heterocycles. The van der Waals surface area contributed by atoms with Gasteiger partial charge < -0.3 is 5.32 Å². The van der Waals surface area contributed by atoms with Crippen LogP contribution in [0.3, 0.4) is 0 Å². The Labute approximate surface area is 166 Å². The zero-order valence-electron chi connectivity index (χ0n) is 16.6. The molecule has 1 aromatic heterocycles. The first-order valence-corrected chi connectivity index (χ1v) is 11.2. The molecule has 0 saturated carbocycles. The maximum atomic E-state index is 12.7. The fraction of sp³-hybridized carbons (Fsp3) is 0.500. The normalized spacial score (nSPS) is 17.4. The number of amides is 1. The summed E-state index contributed by atoms with van der Waals surface area (Å²) >= 11 is 0. The SMILES string of the molecule is CCn1cc(C(C)NC(=O)C2CCN(S(=O)(=O)c3ccccc3)CC2)c(C)n1. The monoisotopic (exact) mass is 404 g/mol. The van der Waals surface area contributed by atoms with E-state index in [-0.39, 0.29) is 17.9 Å². The standard InChI is InChI=1S/C20H28N4O3S/c1-4-23-14-19(16(3)22-23)15(2)21-20(25)17-10-12-24(13-11-17)28(26,27)18-8-6-5-7-9-18/h5-9,14-15,17H,4,10-13H2,1-3H3,(H,21,25). The number of piperidine rings is 1. The molecule has 0 radical (unpaired) electrons. The minimum absolute atomic E-state index is 0.0205. The van der Waals surface area contributed by atoms with Gasteiger partial charge in [-0.1, -0.05) is 18.2 Å². The van der Waals surface area contributed by atoms with E-state index < -0.39 is 10.0 Å². The summed E-state index contributed by atoms with van der Waals surface area (Å²) in [5.41, 5.74) is 1.93. The van der Waals surface area contributed by atoms with Crippen LogP contribution in [-0.4, -0.2) is 41.5 Å². The minimum atomic E-state index is -3.49. The van der Waals surface area contributed by atoms with E-state index in [0.717, 1.165) is 17.8 Å². The van der Waals surface area contributed by atoms with Crippen molar-refractivity contribution in [2.24, 2.45) is 5.92 Å². The molecule has 1 atom stereocenters. The molecule has 2 heterocycles. The zero-order valence-corrected chi connectivity index (χ0v) is 17.4. The van der Waals surface area contributed by atoms with Crippen LogP contribution in [0.2, 0.25) is 0 Å². The Morgan fingerprint density at radius 1 is 1.25 bits per heavy atom. The largest absolute Gasteiger partial charge is 0.349 e. The first-order valence-electron chi connectivity index (χ1n) is 9.72. The van der Waals surface area contributed by atoms with Gasteiger partial charge in [0.25, 0.3) is 0 Å². The minimum Gasteiger partial charge on any atom is -0.349 e. The molecule has 1 N–H and O–H groups in total. The highest BCUT2D eigenvalue weighted by Crippen LogP contribution is 2.25. The Morgan fingerprint density at radius 3 is 2.46 bits per heavy atom. The summed E-state index contributed by atoms with van der Waals surface area (Å²) in [6.07, 6.45) is 3.02. The van der Waals surface area contributed by atoms with Crippen LogP contribution in [0.5, 0.6) is 0 Å². The number of nitrogens with zero attached hydrogens (tertiary/aromatic N) is 3. The molecule has 0 spiro atoms. The lowest BCUT2D eigenvalue weighted by Gasteiger charge is -2.31. The highest BCUT2D eigenvalue weighted by Gasteiger charge is 2.32. The van der Waals surface area contributed by atoms with Crippen LogP contribution >= 0.6 is 0 Å². The summed E-state index contributed by atoms with van der Waals surface area (Å²) in [5.74, 6) is -0.195. The van der Waals surface area contributed by atoms with Crippen LogP contribution in [0.4, 0.5) is 0 Å². The van der Waals surface area contributed by atoms with Crippen LogP contribution in [0.15, 0.2) is 41.4 Å². The summed E-state index contributed by atoms with van der Waals surface area (Å²) in [4.78, 5) is 13.0. The second-order valence-electron chi connectivity index (χ2n) is 7.25. The van der Waals surface area contributed by atoms with Crippen LogP contribution < -0.4 is 5.32 Å². The van der Waals surface area contributed by atoms with E-state index in [0.29, 0.717) is 30.8 Å². The molecule has 28 heavy (non-hydrogen) atoms. The number of benzene rings is 1. The van der Waals surface area contributed by atoms with E-state index in [4.69, 9.17) is 0 Å². The van der Waals surface area contributed by atoms with Crippen molar-refractivity contribution in [3.05, 3.63) is 47.8 Å². The Morgan fingerprint density at radius 2 is 1.89 bits per heavy atom. The van der Waals surface area contributed by atoms with E-state index in [2.05, 4.69) is 10.4 Å². The van der Waals surface area contributed by atoms with Crippen molar-refractivity contribution >= 4 is 15.9 Å². The highest BCUT2D eigenvalue weighted by atomic mass is 32.2. The number of hydrogen-bond donors (Lipinski definition) is 1. The van der Waals surface area contributed by atoms with Gasteiger partial charge in [0.2, 0.25) is 15.9 Å². The predicted octanol–water partition coefficient (Wildman–Crippen LogP) is 2.49. The molecule has 0 bridgehead atoms. The van der Waals surface area contributed by atoms with Crippen molar-refractivity contribution in [1.29, 1.82) is 0 Å². The van der Waals surface area contributed by atoms with E-state index in [9.17, 15) is 13.2 Å². The molecule has 1 aliphatic rings. The van der Waals surface area contributed by atoms with E-state index >= 15 is 0 Å². The molecule has 1 aliphatic heterocycles. The molecular formula is C20H28N4O3S. The summed E-state index contributed by atoms with van der Waals surface area (Å²) < 4.78 is 28.8. The quantitative estimate of drug-likeness (QED) is 0.802. The van der Waals surface area contributed by atoms with Gasteiger partial charge in [0.05, 0.1) is 16.6 Å². The predicted molar refractivity (Wildman–Crippen MR) is 107 cm³/mol. The lowest BCUT2D eigenvalue weighted by molar-refractivity contribution is -0.126. The van der Waals surface area contributed by atoms with Gasteiger partial charge in [-0.15, -0.1) is 0 Å². The maximum Gasteiger partial charge on any atom is 0.243 e. The molecule has 1 fully saturated rings. The first kappa shape index (κ1) is 20.5. The van der Waals surface area contributed by atoms with Crippen molar-refractivity contribution in [3.63, 3.8) is 0 Å². The van der Waals surface area contributed by atoms with Crippen LogP contribution in [-0.2, 0) is 21.4 Å². The smallest absolute Gasteiger partial charge is 0.243 e. The maximum absolute atomic E-state index is 12.7.